The van der Waals surface area contributed by atoms with Gasteiger partial charge in [0.05, 0.1) is 17.3 Å². The van der Waals surface area contributed by atoms with Crippen LogP contribution in [0.3, 0.4) is 0 Å². The van der Waals surface area contributed by atoms with Gasteiger partial charge in [-0.2, -0.15) is 0 Å². The van der Waals surface area contributed by atoms with Crippen molar-refractivity contribution in [2.75, 3.05) is 19.5 Å². The summed E-state index contributed by atoms with van der Waals surface area (Å²) in [6.07, 6.45) is 4.90. The predicted molar refractivity (Wildman–Crippen MR) is 108 cm³/mol. The molecule has 3 rings (SSSR count). The number of rotatable bonds is 5. The van der Waals surface area contributed by atoms with Gasteiger partial charge in [-0.1, -0.05) is 24.3 Å². The molecule has 0 unspecified atom stereocenters. The van der Waals surface area contributed by atoms with Crippen LogP contribution in [0.15, 0.2) is 24.5 Å². The first-order valence-corrected chi connectivity index (χ1v) is 8.29. The van der Waals surface area contributed by atoms with Gasteiger partial charge in [-0.05, 0) is 18.1 Å². The lowest BCUT2D eigenvalue weighted by Gasteiger charge is -2.14. The van der Waals surface area contributed by atoms with Gasteiger partial charge in [0.15, 0.2) is 16.6 Å². The molecule has 2 N–H and O–H groups in total. The van der Waals surface area contributed by atoms with Gasteiger partial charge < -0.3 is 15.2 Å². The van der Waals surface area contributed by atoms with Crippen molar-refractivity contribution in [3.63, 3.8) is 0 Å². The fourth-order valence-corrected chi connectivity index (χ4v) is 3.81. The molecule has 2 aromatic heterocycles. The summed E-state index contributed by atoms with van der Waals surface area (Å²) >= 11 is 1.55. The van der Waals surface area contributed by atoms with Gasteiger partial charge in [-0.25, -0.2) is 4.98 Å². The Hall–Kier alpha value is -1.76. The highest BCUT2D eigenvalue weighted by Gasteiger charge is 2.22. The molecule has 0 aliphatic rings. The van der Waals surface area contributed by atoms with Crippen molar-refractivity contribution in [1.29, 1.82) is 0 Å². The molecule has 8 heteroatoms. The van der Waals surface area contributed by atoms with Gasteiger partial charge >= 0.3 is 0 Å². The fraction of sp³-hybridized carbons (Fsp3) is 0.294. The predicted octanol–water partition coefficient (Wildman–Crippen LogP) is 4.44. The molecule has 1 aromatic carbocycles. The third kappa shape index (κ3) is 3.92. The molecule has 0 aliphatic carbocycles. The first-order valence-electron chi connectivity index (χ1n) is 7.47. The second-order valence-electron chi connectivity index (χ2n) is 5.18. The SMILES string of the molecule is CCc1c(O)c(OC)c(Cc2cccnc2)c2nc(NC)sc12.Cl.Cl. The first kappa shape index (κ1) is 21.3. The second-order valence-corrected chi connectivity index (χ2v) is 6.18. The smallest absolute Gasteiger partial charge is 0.183 e. The molecule has 2 heterocycles. The van der Waals surface area contributed by atoms with Crippen molar-refractivity contribution in [2.45, 2.75) is 19.8 Å². The molecule has 0 radical (unpaired) electrons. The van der Waals surface area contributed by atoms with Crippen LogP contribution in [-0.4, -0.2) is 29.2 Å². The molecule has 0 bridgehead atoms. The largest absolute Gasteiger partial charge is 0.504 e. The first-order chi connectivity index (χ1) is 11.2. The number of phenols is 1. The molecule has 0 aliphatic heterocycles. The number of hydrogen-bond acceptors (Lipinski definition) is 6. The standard InChI is InChI=1S/C17H19N3O2S.2ClH/c1-4-11-14(21)15(22-3)12(8-10-6-5-7-19-9-10)13-16(11)23-17(18-2)20-13;;/h5-7,9,21H,4,8H2,1-3H3,(H,18,20);2*1H. The number of halogens is 2. The topological polar surface area (TPSA) is 67.3 Å². The van der Waals surface area contributed by atoms with E-state index in [0.29, 0.717) is 12.2 Å². The van der Waals surface area contributed by atoms with Gasteiger partial charge in [0.2, 0.25) is 0 Å². The molecule has 5 nitrogen and oxygen atoms in total. The van der Waals surface area contributed by atoms with Crippen molar-refractivity contribution in [3.8, 4) is 11.5 Å². The average Bonchev–Trinajstić information content (AvgIpc) is 3.00. The van der Waals surface area contributed by atoms with Crippen molar-refractivity contribution < 1.29 is 9.84 Å². The van der Waals surface area contributed by atoms with Crippen LogP contribution in [0, 0.1) is 0 Å². The minimum absolute atomic E-state index is 0. The number of benzene rings is 1. The van der Waals surface area contributed by atoms with Crippen molar-refractivity contribution in [3.05, 3.63) is 41.2 Å². The molecule has 0 saturated carbocycles. The van der Waals surface area contributed by atoms with Crippen molar-refractivity contribution in [2.24, 2.45) is 0 Å². The Morgan fingerprint density at radius 1 is 1.28 bits per heavy atom. The zero-order valence-electron chi connectivity index (χ0n) is 14.2. The highest BCUT2D eigenvalue weighted by Crippen LogP contribution is 2.44. The summed E-state index contributed by atoms with van der Waals surface area (Å²) in [7, 11) is 3.43. The molecule has 136 valence electrons. The summed E-state index contributed by atoms with van der Waals surface area (Å²) in [5.74, 6) is 0.721. The van der Waals surface area contributed by atoms with Crippen LogP contribution in [0.2, 0.25) is 0 Å². The summed E-state index contributed by atoms with van der Waals surface area (Å²) in [6.45, 7) is 2.02. The van der Waals surface area contributed by atoms with Gasteiger partial charge in [0.25, 0.3) is 0 Å². The number of ether oxygens (including phenoxy) is 1. The van der Waals surface area contributed by atoms with E-state index in [1.807, 2.05) is 32.3 Å². The number of pyridine rings is 1. The second kappa shape index (κ2) is 9.08. The Bertz CT molecular complexity index is 841. The number of fused-ring (bicyclic) bond motifs is 1. The quantitative estimate of drug-likeness (QED) is 0.660. The molecular formula is C17H21Cl2N3O2S. The maximum Gasteiger partial charge on any atom is 0.183 e. The molecule has 0 amide bonds. The van der Waals surface area contributed by atoms with E-state index >= 15 is 0 Å². The van der Waals surface area contributed by atoms with Crippen molar-refractivity contribution in [1.82, 2.24) is 9.97 Å². The maximum absolute atomic E-state index is 10.6. The molecule has 0 saturated heterocycles. The Balaban J connectivity index is 0.00000156. The molecule has 0 fully saturated rings. The molecule has 0 spiro atoms. The number of thiazole rings is 1. The van der Waals surface area contributed by atoms with Crippen LogP contribution < -0.4 is 10.1 Å². The van der Waals surface area contributed by atoms with Crippen LogP contribution in [0.5, 0.6) is 11.5 Å². The van der Waals surface area contributed by atoms with Crippen LogP contribution in [-0.2, 0) is 12.8 Å². The number of methoxy groups -OCH3 is 1. The number of phenolic OH excluding ortho intramolecular Hbond substituents is 1. The summed E-state index contributed by atoms with van der Waals surface area (Å²) in [5.41, 5.74) is 3.71. The number of nitrogens with zero attached hydrogens (tertiary/aromatic N) is 2. The van der Waals surface area contributed by atoms with Crippen LogP contribution >= 0.6 is 36.2 Å². The summed E-state index contributed by atoms with van der Waals surface area (Å²) in [6, 6.07) is 3.91. The lowest BCUT2D eigenvalue weighted by atomic mass is 9.99. The van der Waals surface area contributed by atoms with E-state index in [1.165, 1.54) is 0 Å². The lowest BCUT2D eigenvalue weighted by Crippen LogP contribution is -1.99. The fourth-order valence-electron chi connectivity index (χ4n) is 2.75. The Morgan fingerprint density at radius 2 is 2.04 bits per heavy atom. The van der Waals surface area contributed by atoms with E-state index in [1.54, 1.807) is 24.6 Å². The van der Waals surface area contributed by atoms with E-state index in [4.69, 9.17) is 4.74 Å². The highest BCUT2D eigenvalue weighted by molar-refractivity contribution is 7.22. The van der Waals surface area contributed by atoms with E-state index in [0.717, 1.165) is 38.5 Å². The molecule has 0 atom stereocenters. The Kier molecular flexibility index (Phi) is 7.73. The van der Waals surface area contributed by atoms with Crippen LogP contribution in [0.25, 0.3) is 10.2 Å². The van der Waals surface area contributed by atoms with E-state index in [9.17, 15) is 5.11 Å². The van der Waals surface area contributed by atoms with Gasteiger partial charge in [-0.3, -0.25) is 4.98 Å². The van der Waals surface area contributed by atoms with Gasteiger partial charge in [0.1, 0.15) is 0 Å². The highest BCUT2D eigenvalue weighted by atomic mass is 35.5. The zero-order chi connectivity index (χ0) is 16.4. The van der Waals surface area contributed by atoms with Crippen LogP contribution in [0.4, 0.5) is 5.13 Å². The summed E-state index contributed by atoms with van der Waals surface area (Å²) in [5, 5.41) is 14.6. The molecule has 3 aromatic rings. The zero-order valence-corrected chi connectivity index (χ0v) is 16.6. The third-order valence-electron chi connectivity index (χ3n) is 3.84. The lowest BCUT2D eigenvalue weighted by molar-refractivity contribution is 0.368. The van der Waals surface area contributed by atoms with E-state index in [-0.39, 0.29) is 30.6 Å². The molecular weight excluding hydrogens is 381 g/mol. The number of aromatic hydroxyl groups is 1. The number of aryl methyl sites for hydroxylation is 1. The minimum Gasteiger partial charge on any atom is -0.504 e. The van der Waals surface area contributed by atoms with Crippen LogP contribution in [0.1, 0.15) is 23.6 Å². The maximum atomic E-state index is 10.6. The molecule has 25 heavy (non-hydrogen) atoms. The Labute approximate surface area is 163 Å². The Morgan fingerprint density at radius 3 is 2.60 bits per heavy atom. The number of nitrogens with one attached hydrogen (secondary N) is 1. The normalized spacial score (nSPS) is 10.0. The number of hydrogen-bond donors (Lipinski definition) is 2. The average molecular weight is 402 g/mol. The number of anilines is 1. The monoisotopic (exact) mass is 401 g/mol. The minimum atomic E-state index is 0. The summed E-state index contributed by atoms with van der Waals surface area (Å²) < 4.78 is 6.52. The summed E-state index contributed by atoms with van der Waals surface area (Å²) in [4.78, 5) is 8.84. The van der Waals surface area contributed by atoms with E-state index in [2.05, 4.69) is 15.3 Å². The number of aromatic nitrogens is 2. The van der Waals surface area contributed by atoms with Gasteiger partial charge in [-0.15, -0.1) is 24.8 Å². The van der Waals surface area contributed by atoms with Gasteiger partial charge in [0, 0.05) is 37.0 Å². The van der Waals surface area contributed by atoms with E-state index < -0.39 is 0 Å². The third-order valence-corrected chi connectivity index (χ3v) is 4.97. The van der Waals surface area contributed by atoms with Crippen molar-refractivity contribution >= 4 is 51.5 Å².